The Morgan fingerprint density at radius 1 is 1.27 bits per heavy atom. The van der Waals surface area contributed by atoms with Crippen LogP contribution in [0, 0.1) is 0 Å². The molecule has 0 amide bonds. The van der Waals surface area contributed by atoms with E-state index in [1.54, 1.807) is 0 Å². The molecule has 0 aliphatic heterocycles. The molecule has 0 radical (unpaired) electrons. The molecule has 2 heteroatoms. The fourth-order valence-electron chi connectivity index (χ4n) is 1.56. The van der Waals surface area contributed by atoms with Crippen LogP contribution in [0.5, 0.6) is 0 Å². The summed E-state index contributed by atoms with van der Waals surface area (Å²) < 4.78 is 2.04. The summed E-state index contributed by atoms with van der Waals surface area (Å²) in [6, 6.07) is 3.98. The highest BCUT2D eigenvalue weighted by molar-refractivity contribution is 4.95. The van der Waals surface area contributed by atoms with E-state index < -0.39 is 0 Å². The summed E-state index contributed by atoms with van der Waals surface area (Å²) in [5.74, 6) is 0. The van der Waals surface area contributed by atoms with Gasteiger partial charge in [0, 0.05) is 12.4 Å². The topological polar surface area (TPSA) is 25.2 Å². The van der Waals surface area contributed by atoms with E-state index in [9.17, 15) is 5.11 Å². The van der Waals surface area contributed by atoms with Crippen LogP contribution in [0.4, 0.5) is 0 Å². The Bertz CT molecular complexity index is 224. The van der Waals surface area contributed by atoms with E-state index in [1.807, 2.05) is 29.1 Å². The van der Waals surface area contributed by atoms with E-state index >= 15 is 0 Å². The summed E-state index contributed by atoms with van der Waals surface area (Å²) in [6.07, 6.45) is 7.10. The first-order valence-corrected chi connectivity index (χ1v) is 4.12. The number of aromatic nitrogens is 1. The molecule has 1 heterocycles. The van der Waals surface area contributed by atoms with Gasteiger partial charge in [-0.3, -0.25) is 0 Å². The number of hydrogen-bond donors (Lipinski definition) is 1. The van der Waals surface area contributed by atoms with Crippen LogP contribution in [0.2, 0.25) is 0 Å². The van der Waals surface area contributed by atoms with Gasteiger partial charge < -0.3 is 9.67 Å². The van der Waals surface area contributed by atoms with Crippen LogP contribution in [0.1, 0.15) is 19.3 Å². The van der Waals surface area contributed by atoms with Crippen molar-refractivity contribution < 1.29 is 5.11 Å². The maximum absolute atomic E-state index is 9.76. The average Bonchev–Trinajstić information content (AvgIpc) is 2.36. The molecule has 2 nitrogen and oxygen atoms in total. The average molecular weight is 151 g/mol. The van der Waals surface area contributed by atoms with Crippen molar-refractivity contribution in [2.75, 3.05) is 0 Å². The van der Waals surface area contributed by atoms with E-state index in [0.29, 0.717) is 0 Å². The van der Waals surface area contributed by atoms with Crippen LogP contribution in [0.15, 0.2) is 24.5 Å². The largest absolute Gasteiger partial charge is 0.388 e. The van der Waals surface area contributed by atoms with E-state index in [-0.39, 0.29) is 5.60 Å². The highest BCUT2D eigenvalue weighted by Crippen LogP contribution is 2.32. The summed E-state index contributed by atoms with van der Waals surface area (Å²) in [7, 11) is 0. The second-order valence-electron chi connectivity index (χ2n) is 3.43. The van der Waals surface area contributed by atoms with Crippen LogP contribution in [-0.4, -0.2) is 15.3 Å². The minimum Gasteiger partial charge on any atom is -0.388 e. The van der Waals surface area contributed by atoms with Crippen molar-refractivity contribution >= 4 is 0 Å². The van der Waals surface area contributed by atoms with Gasteiger partial charge in [-0.2, -0.15) is 0 Å². The molecule has 1 aromatic rings. The molecular formula is C9H13NO. The maximum atomic E-state index is 9.76. The van der Waals surface area contributed by atoms with Crippen molar-refractivity contribution in [2.24, 2.45) is 0 Å². The SMILES string of the molecule is OC1(Cn2cccc2)CCC1. The van der Waals surface area contributed by atoms with E-state index in [1.165, 1.54) is 6.42 Å². The maximum Gasteiger partial charge on any atom is 0.0825 e. The first kappa shape index (κ1) is 6.92. The third kappa shape index (κ3) is 1.31. The minimum atomic E-state index is -0.390. The van der Waals surface area contributed by atoms with Gasteiger partial charge in [-0.25, -0.2) is 0 Å². The Morgan fingerprint density at radius 2 is 1.91 bits per heavy atom. The molecular weight excluding hydrogens is 138 g/mol. The fraction of sp³-hybridized carbons (Fsp3) is 0.556. The summed E-state index contributed by atoms with van der Waals surface area (Å²) in [5, 5.41) is 9.76. The van der Waals surface area contributed by atoms with Gasteiger partial charge in [0.25, 0.3) is 0 Å². The summed E-state index contributed by atoms with van der Waals surface area (Å²) in [5.41, 5.74) is -0.390. The summed E-state index contributed by atoms with van der Waals surface area (Å²) >= 11 is 0. The van der Waals surface area contributed by atoms with Gasteiger partial charge in [0.1, 0.15) is 0 Å². The van der Waals surface area contributed by atoms with Crippen LogP contribution >= 0.6 is 0 Å². The van der Waals surface area contributed by atoms with Crippen molar-refractivity contribution in [1.29, 1.82) is 0 Å². The first-order valence-electron chi connectivity index (χ1n) is 4.12. The van der Waals surface area contributed by atoms with Gasteiger partial charge in [-0.15, -0.1) is 0 Å². The van der Waals surface area contributed by atoms with Gasteiger partial charge in [0.05, 0.1) is 12.1 Å². The molecule has 60 valence electrons. The third-order valence-corrected chi connectivity index (χ3v) is 2.43. The lowest BCUT2D eigenvalue weighted by atomic mass is 9.80. The van der Waals surface area contributed by atoms with Gasteiger partial charge >= 0.3 is 0 Å². The van der Waals surface area contributed by atoms with Gasteiger partial charge in [-0.05, 0) is 31.4 Å². The molecule has 11 heavy (non-hydrogen) atoms. The van der Waals surface area contributed by atoms with Gasteiger partial charge in [0.15, 0.2) is 0 Å². The highest BCUT2D eigenvalue weighted by Gasteiger charge is 2.34. The van der Waals surface area contributed by atoms with E-state index in [4.69, 9.17) is 0 Å². The van der Waals surface area contributed by atoms with Crippen molar-refractivity contribution in [3.05, 3.63) is 24.5 Å². The number of rotatable bonds is 2. The van der Waals surface area contributed by atoms with Gasteiger partial charge in [-0.1, -0.05) is 0 Å². The molecule has 1 aromatic heterocycles. The Labute approximate surface area is 66.5 Å². The third-order valence-electron chi connectivity index (χ3n) is 2.43. The molecule has 0 bridgehead atoms. The predicted octanol–water partition coefficient (Wildman–Crippen LogP) is 1.40. The molecule has 1 aliphatic carbocycles. The van der Waals surface area contributed by atoms with Crippen LogP contribution < -0.4 is 0 Å². The fourth-order valence-corrected chi connectivity index (χ4v) is 1.56. The number of hydrogen-bond acceptors (Lipinski definition) is 1. The Kier molecular flexibility index (Phi) is 1.50. The molecule has 0 unspecified atom stereocenters. The minimum absolute atomic E-state index is 0.390. The molecule has 1 saturated carbocycles. The van der Waals surface area contributed by atoms with E-state index in [2.05, 4.69) is 0 Å². The normalized spacial score (nSPS) is 21.2. The van der Waals surface area contributed by atoms with Crippen LogP contribution in [0.3, 0.4) is 0 Å². The molecule has 1 fully saturated rings. The molecule has 1 N–H and O–H groups in total. The smallest absolute Gasteiger partial charge is 0.0825 e. The van der Waals surface area contributed by atoms with Crippen molar-refractivity contribution in [3.63, 3.8) is 0 Å². The molecule has 0 aromatic carbocycles. The van der Waals surface area contributed by atoms with E-state index in [0.717, 1.165) is 19.4 Å². The predicted molar refractivity (Wildman–Crippen MR) is 43.2 cm³/mol. The van der Waals surface area contributed by atoms with Crippen molar-refractivity contribution in [1.82, 2.24) is 4.57 Å². The number of aliphatic hydroxyl groups is 1. The molecule has 2 rings (SSSR count). The summed E-state index contributed by atoms with van der Waals surface area (Å²) in [6.45, 7) is 0.764. The lowest BCUT2D eigenvalue weighted by Crippen LogP contribution is -2.40. The van der Waals surface area contributed by atoms with Crippen molar-refractivity contribution in [2.45, 2.75) is 31.4 Å². The first-order chi connectivity index (χ1) is 5.29. The van der Waals surface area contributed by atoms with Crippen LogP contribution in [0.25, 0.3) is 0 Å². The molecule has 0 saturated heterocycles. The summed E-state index contributed by atoms with van der Waals surface area (Å²) in [4.78, 5) is 0. The molecule has 0 atom stereocenters. The lowest BCUT2D eigenvalue weighted by Gasteiger charge is -2.36. The van der Waals surface area contributed by atoms with Crippen LogP contribution in [-0.2, 0) is 6.54 Å². The standard InChI is InChI=1S/C9H13NO/c11-9(4-3-5-9)8-10-6-1-2-7-10/h1-2,6-7,11H,3-5,8H2. The Hall–Kier alpha value is -0.760. The molecule has 0 spiro atoms. The van der Waals surface area contributed by atoms with Crippen molar-refractivity contribution in [3.8, 4) is 0 Å². The van der Waals surface area contributed by atoms with Gasteiger partial charge in [0.2, 0.25) is 0 Å². The zero-order valence-electron chi connectivity index (χ0n) is 6.53. The number of nitrogens with zero attached hydrogens (tertiary/aromatic N) is 1. The molecule has 1 aliphatic rings. The monoisotopic (exact) mass is 151 g/mol. The Balaban J connectivity index is 2.00. The quantitative estimate of drug-likeness (QED) is 0.679. The second kappa shape index (κ2) is 2.38. The second-order valence-corrected chi connectivity index (χ2v) is 3.43. The zero-order valence-corrected chi connectivity index (χ0v) is 6.53. The zero-order chi connectivity index (χ0) is 7.73. The highest BCUT2D eigenvalue weighted by atomic mass is 16.3. The Morgan fingerprint density at radius 3 is 2.36 bits per heavy atom. The lowest BCUT2D eigenvalue weighted by molar-refractivity contribution is -0.0472.